The molecule has 30 heavy (non-hydrogen) atoms. The number of carbonyl (C=O) groups is 1. The van der Waals surface area contributed by atoms with Crippen LogP contribution >= 0.6 is 0 Å². The number of aromatic nitrogens is 4. The van der Waals surface area contributed by atoms with Gasteiger partial charge in [-0.25, -0.2) is 9.97 Å². The van der Waals surface area contributed by atoms with Crippen LogP contribution in [0.25, 0.3) is 12.2 Å². The summed E-state index contributed by atoms with van der Waals surface area (Å²) in [4.78, 5) is 50.6. The Morgan fingerprint density at radius 2 is 1.37 bits per heavy atom. The second kappa shape index (κ2) is 8.32. The molecule has 0 bridgehead atoms. The molecule has 0 saturated heterocycles. The smallest absolute Gasteiger partial charge is 0.272 e. The Kier molecular flexibility index (Phi) is 5.25. The fourth-order valence-electron chi connectivity index (χ4n) is 2.90. The molecule has 7 nitrogen and oxygen atoms in total. The predicted molar refractivity (Wildman–Crippen MR) is 112 cm³/mol. The largest absolute Gasteiger partial charge is 0.316 e. The third-order valence-electron chi connectivity index (χ3n) is 4.34. The Hall–Kier alpha value is -4.39. The normalized spacial score (nSPS) is 12.1. The minimum atomic E-state index is -0.482. The van der Waals surface area contributed by atoms with Gasteiger partial charge in [-0.05, 0) is 23.8 Å². The van der Waals surface area contributed by atoms with Crippen LogP contribution in [0, 0.1) is 0 Å². The maximum absolute atomic E-state index is 12.6. The molecule has 4 aromatic rings. The predicted octanol–water partition coefficient (Wildman–Crippen LogP) is 0.742. The summed E-state index contributed by atoms with van der Waals surface area (Å²) >= 11 is 0. The van der Waals surface area contributed by atoms with Gasteiger partial charge >= 0.3 is 0 Å². The monoisotopic (exact) mass is 396 g/mol. The van der Waals surface area contributed by atoms with Gasteiger partial charge in [0.1, 0.15) is 10.7 Å². The highest BCUT2D eigenvalue weighted by Gasteiger charge is 2.08. The Morgan fingerprint density at radius 3 is 2.07 bits per heavy atom. The van der Waals surface area contributed by atoms with Crippen molar-refractivity contribution in [2.24, 2.45) is 0 Å². The number of H-pyrrole nitrogens is 2. The second-order valence-electron chi connectivity index (χ2n) is 6.45. The molecule has 0 aliphatic carbocycles. The maximum Gasteiger partial charge on any atom is 0.272 e. The van der Waals surface area contributed by atoms with E-state index in [1.807, 2.05) is 6.07 Å². The number of hydrogen-bond acceptors (Lipinski definition) is 5. The molecule has 7 heteroatoms. The van der Waals surface area contributed by atoms with Crippen LogP contribution in [0.4, 0.5) is 0 Å². The lowest BCUT2D eigenvalue weighted by Crippen LogP contribution is -2.46. The van der Waals surface area contributed by atoms with Crippen molar-refractivity contribution < 1.29 is 4.79 Å². The molecule has 0 fully saturated rings. The van der Waals surface area contributed by atoms with E-state index in [4.69, 9.17) is 0 Å². The van der Waals surface area contributed by atoms with Crippen molar-refractivity contribution in [3.63, 3.8) is 0 Å². The molecule has 146 valence electrons. The van der Waals surface area contributed by atoms with Crippen LogP contribution in [-0.4, -0.2) is 25.7 Å². The Morgan fingerprint density at radius 1 is 0.733 bits per heavy atom. The van der Waals surface area contributed by atoms with Crippen molar-refractivity contribution in [2.45, 2.75) is 0 Å². The summed E-state index contributed by atoms with van der Waals surface area (Å²) in [5.74, 6) is 0.184. The Labute approximate surface area is 170 Å². The summed E-state index contributed by atoms with van der Waals surface area (Å²) in [5, 5.41) is 0.131. The van der Waals surface area contributed by atoms with E-state index in [1.165, 1.54) is 24.5 Å². The lowest BCUT2D eigenvalue weighted by atomic mass is 10.0. The van der Waals surface area contributed by atoms with Crippen LogP contribution in [0.2, 0.25) is 0 Å². The van der Waals surface area contributed by atoms with Crippen LogP contribution in [0.3, 0.4) is 0 Å². The first kappa shape index (κ1) is 18.9. The summed E-state index contributed by atoms with van der Waals surface area (Å²) in [6.07, 6.45) is 5.99. The third-order valence-corrected chi connectivity index (χ3v) is 4.34. The molecular formula is C23H16N4O3. The van der Waals surface area contributed by atoms with Crippen molar-refractivity contribution in [3.05, 3.63) is 127 Å². The molecule has 0 atom stereocenters. The first-order valence-corrected chi connectivity index (χ1v) is 9.13. The fourth-order valence-corrected chi connectivity index (χ4v) is 2.90. The molecule has 2 aromatic heterocycles. The summed E-state index contributed by atoms with van der Waals surface area (Å²) < 4.78 is 0. The highest BCUT2D eigenvalue weighted by atomic mass is 16.1. The van der Waals surface area contributed by atoms with Crippen LogP contribution in [0.1, 0.15) is 27.3 Å². The van der Waals surface area contributed by atoms with E-state index in [9.17, 15) is 14.4 Å². The van der Waals surface area contributed by atoms with Gasteiger partial charge in [0.25, 0.3) is 11.1 Å². The highest BCUT2D eigenvalue weighted by molar-refractivity contribution is 6.09. The molecule has 0 aliphatic heterocycles. The number of ketones is 1. The topological polar surface area (TPSA) is 109 Å². The molecule has 0 unspecified atom stereocenters. The average Bonchev–Trinajstić information content (AvgIpc) is 2.78. The van der Waals surface area contributed by atoms with Gasteiger partial charge in [0, 0.05) is 29.6 Å². The van der Waals surface area contributed by atoms with Gasteiger partial charge in [-0.3, -0.25) is 14.4 Å². The number of nitrogens with one attached hydrogen (secondary N) is 2. The number of aromatic amines is 2. The second-order valence-corrected chi connectivity index (χ2v) is 6.45. The fraction of sp³-hybridized carbons (Fsp3) is 0. The molecule has 0 saturated carbocycles. The van der Waals surface area contributed by atoms with Crippen LogP contribution < -0.4 is 21.8 Å². The minimum absolute atomic E-state index is 0.0522. The summed E-state index contributed by atoms with van der Waals surface area (Å²) in [7, 11) is 0. The molecule has 0 spiro atoms. The van der Waals surface area contributed by atoms with E-state index < -0.39 is 11.1 Å². The van der Waals surface area contributed by atoms with Gasteiger partial charge in [0.15, 0.2) is 11.6 Å². The Balaban J connectivity index is 1.73. The van der Waals surface area contributed by atoms with E-state index >= 15 is 0 Å². The van der Waals surface area contributed by atoms with Gasteiger partial charge < -0.3 is 9.97 Å². The van der Waals surface area contributed by atoms with Crippen molar-refractivity contribution in [1.29, 1.82) is 0 Å². The van der Waals surface area contributed by atoms with Crippen molar-refractivity contribution in [2.75, 3.05) is 0 Å². The zero-order valence-electron chi connectivity index (χ0n) is 15.7. The lowest BCUT2D eigenvalue weighted by Gasteiger charge is -2.02. The minimum Gasteiger partial charge on any atom is -0.316 e. The molecule has 2 N–H and O–H groups in total. The van der Waals surface area contributed by atoms with E-state index in [0.29, 0.717) is 22.5 Å². The van der Waals surface area contributed by atoms with Gasteiger partial charge in [-0.1, -0.05) is 48.5 Å². The van der Waals surface area contributed by atoms with E-state index in [1.54, 1.807) is 54.6 Å². The van der Waals surface area contributed by atoms with E-state index in [0.717, 1.165) is 0 Å². The van der Waals surface area contributed by atoms with Gasteiger partial charge in [-0.15, -0.1) is 0 Å². The molecule has 0 amide bonds. The SMILES string of the molecule is O=C(c1ccccc1)c1cccc(/C=c2\[nH]c(=O)/c(=C/c3ncccn3)[nH]c2=O)c1. The first-order valence-electron chi connectivity index (χ1n) is 9.13. The number of carbonyl (C=O) groups excluding carboxylic acids is 1. The highest BCUT2D eigenvalue weighted by Crippen LogP contribution is 2.12. The van der Waals surface area contributed by atoms with Gasteiger partial charge in [0.2, 0.25) is 0 Å². The summed E-state index contributed by atoms with van der Waals surface area (Å²) in [6, 6.07) is 17.4. The van der Waals surface area contributed by atoms with Crippen LogP contribution in [-0.2, 0) is 0 Å². The molecule has 4 rings (SSSR count). The zero-order chi connectivity index (χ0) is 20.9. The summed E-state index contributed by atoms with van der Waals surface area (Å²) in [5.41, 5.74) is 0.714. The molecular weight excluding hydrogens is 380 g/mol. The molecule has 2 aromatic carbocycles. The van der Waals surface area contributed by atoms with Gasteiger partial charge in [-0.2, -0.15) is 0 Å². The number of benzene rings is 2. The maximum atomic E-state index is 12.6. The van der Waals surface area contributed by atoms with Crippen molar-refractivity contribution in [1.82, 2.24) is 19.9 Å². The Bertz CT molecular complexity index is 1440. The summed E-state index contributed by atoms with van der Waals surface area (Å²) in [6.45, 7) is 0. The molecule has 2 heterocycles. The number of hydrogen-bond donors (Lipinski definition) is 2. The third kappa shape index (κ3) is 4.20. The number of nitrogens with zero attached hydrogens (tertiary/aromatic N) is 2. The molecule has 0 radical (unpaired) electrons. The number of rotatable bonds is 4. The van der Waals surface area contributed by atoms with E-state index in [2.05, 4.69) is 19.9 Å². The van der Waals surface area contributed by atoms with Crippen molar-refractivity contribution >= 4 is 17.9 Å². The van der Waals surface area contributed by atoms with Gasteiger partial charge in [0.05, 0.1) is 0 Å². The standard InChI is InChI=1S/C23H16N4O3/c28-21(16-7-2-1-3-8-16)17-9-4-6-15(12-17)13-18-22(29)27-19(23(30)26-18)14-20-24-10-5-11-25-20/h1-14H,(H,26,30)(H,27,29)/b18-13-,19-14-. The first-order chi connectivity index (χ1) is 14.6. The quantitative estimate of drug-likeness (QED) is 0.495. The van der Waals surface area contributed by atoms with Crippen molar-refractivity contribution in [3.8, 4) is 0 Å². The zero-order valence-corrected chi connectivity index (χ0v) is 15.7. The molecule has 0 aliphatic rings. The lowest BCUT2D eigenvalue weighted by molar-refractivity contribution is 0.103. The van der Waals surface area contributed by atoms with Crippen LogP contribution in [0.15, 0.2) is 82.6 Å². The average molecular weight is 396 g/mol. The van der Waals surface area contributed by atoms with Crippen LogP contribution in [0.5, 0.6) is 0 Å². The van der Waals surface area contributed by atoms with E-state index in [-0.39, 0.29) is 16.5 Å².